The molecule has 37 heavy (non-hydrogen) atoms. The molecule has 0 aliphatic carbocycles. The van der Waals surface area contributed by atoms with Gasteiger partial charge in [-0.2, -0.15) is 0 Å². The predicted molar refractivity (Wildman–Crippen MR) is 121 cm³/mol. The summed E-state index contributed by atoms with van der Waals surface area (Å²) in [6, 6.07) is 24.4. The Morgan fingerprint density at radius 1 is 0.351 bits per heavy atom. The van der Waals surface area contributed by atoms with Gasteiger partial charge in [0.1, 0.15) is 0 Å². The molecule has 0 saturated carbocycles. The minimum Gasteiger partial charge on any atom is -0.545 e. The first kappa shape index (κ1) is 28.9. The Labute approximate surface area is 230 Å². The molecule has 0 saturated heterocycles. The van der Waals surface area contributed by atoms with Crippen LogP contribution in [0.2, 0.25) is 0 Å². The van der Waals surface area contributed by atoms with E-state index in [9.17, 15) is 39.6 Å². The van der Waals surface area contributed by atoms with Crippen LogP contribution in [-0.2, 0) is 26.2 Å². The minimum atomic E-state index is -1.35. The molecule has 8 nitrogen and oxygen atoms in total. The summed E-state index contributed by atoms with van der Waals surface area (Å²) in [5, 5.41) is 44.0. The van der Waals surface area contributed by atoms with Crippen molar-refractivity contribution in [1.82, 2.24) is 0 Å². The van der Waals surface area contributed by atoms with Crippen LogP contribution in [0.5, 0.6) is 0 Å². The molecule has 0 spiro atoms. The van der Waals surface area contributed by atoms with Gasteiger partial charge in [0.15, 0.2) is 0 Å². The Morgan fingerprint density at radius 2 is 0.514 bits per heavy atom. The van der Waals surface area contributed by atoms with Crippen molar-refractivity contribution in [2.45, 2.75) is 0 Å². The van der Waals surface area contributed by atoms with Gasteiger partial charge in [0.25, 0.3) is 0 Å². The van der Waals surface area contributed by atoms with Crippen molar-refractivity contribution >= 4 is 23.9 Å². The number of hydrogen-bond acceptors (Lipinski definition) is 8. The van der Waals surface area contributed by atoms with Crippen LogP contribution in [0.1, 0.15) is 41.4 Å². The third-order valence-corrected chi connectivity index (χ3v) is 5.17. The molecule has 0 unspecified atom stereocenters. The summed E-state index contributed by atoms with van der Waals surface area (Å²) in [6.07, 6.45) is 0. The second kappa shape index (κ2) is 13.1. The third-order valence-electron chi connectivity index (χ3n) is 5.17. The van der Waals surface area contributed by atoms with Gasteiger partial charge >= 0.3 is 26.2 Å². The van der Waals surface area contributed by atoms with Crippen molar-refractivity contribution in [3.63, 3.8) is 0 Å². The van der Waals surface area contributed by atoms with Crippen molar-refractivity contribution in [3.05, 3.63) is 119 Å². The molecule has 0 fully saturated rings. The van der Waals surface area contributed by atoms with Gasteiger partial charge in [-0.15, -0.1) is 0 Å². The maximum Gasteiger partial charge on any atom is 4.00 e. The number of carbonyl (C=O) groups is 4. The summed E-state index contributed by atoms with van der Waals surface area (Å²) in [4.78, 5) is 44.0. The molecule has 4 aromatic carbocycles. The zero-order valence-corrected chi connectivity index (χ0v) is 21.5. The van der Waals surface area contributed by atoms with Crippen LogP contribution in [0.15, 0.2) is 97.1 Å². The van der Waals surface area contributed by atoms with E-state index >= 15 is 0 Å². The van der Waals surface area contributed by atoms with E-state index in [-0.39, 0.29) is 48.5 Å². The van der Waals surface area contributed by atoms with E-state index in [1.54, 1.807) is 48.5 Å². The van der Waals surface area contributed by atoms with Crippen LogP contribution in [-0.4, -0.2) is 23.9 Å². The fourth-order valence-corrected chi connectivity index (χ4v) is 3.58. The predicted octanol–water partition coefficient (Wildman–Crippen LogP) is 0.159. The third kappa shape index (κ3) is 6.86. The smallest absolute Gasteiger partial charge is 0.545 e. The molecule has 180 valence electrons. The second-order valence-electron chi connectivity index (χ2n) is 7.33. The van der Waals surface area contributed by atoms with E-state index in [1.807, 2.05) is 0 Å². The van der Waals surface area contributed by atoms with Crippen molar-refractivity contribution in [3.8, 4) is 22.3 Å². The fraction of sp³-hybridized carbons (Fsp3) is 0. The van der Waals surface area contributed by atoms with Crippen LogP contribution in [0.4, 0.5) is 0 Å². The van der Waals surface area contributed by atoms with E-state index in [0.29, 0.717) is 22.3 Å². The second-order valence-corrected chi connectivity index (χ2v) is 7.33. The van der Waals surface area contributed by atoms with Gasteiger partial charge in [-0.05, 0) is 22.3 Å². The molecule has 0 radical (unpaired) electrons. The van der Waals surface area contributed by atoms with Crippen LogP contribution < -0.4 is 20.4 Å². The molecule has 4 aromatic rings. The first-order valence-electron chi connectivity index (χ1n) is 10.4. The average molecular weight is 572 g/mol. The molecular weight excluding hydrogens is 556 g/mol. The molecule has 9 heteroatoms. The molecular formula is C28H16O8Zr. The maximum atomic E-state index is 11.0. The van der Waals surface area contributed by atoms with Gasteiger partial charge in [-0.1, -0.05) is 97.1 Å². The fourth-order valence-electron chi connectivity index (χ4n) is 3.58. The molecule has 0 bridgehead atoms. The first-order valence-corrected chi connectivity index (χ1v) is 10.4. The molecule has 4 rings (SSSR count). The monoisotopic (exact) mass is 570 g/mol. The zero-order chi connectivity index (χ0) is 26.2. The Morgan fingerprint density at radius 3 is 0.676 bits per heavy atom. The van der Waals surface area contributed by atoms with Gasteiger partial charge in [0.2, 0.25) is 0 Å². The number of aromatic carboxylic acids is 4. The summed E-state index contributed by atoms with van der Waals surface area (Å²) in [5.41, 5.74) is 1.01. The van der Waals surface area contributed by atoms with E-state index in [4.69, 9.17) is 0 Å². The molecule has 0 aliphatic rings. The van der Waals surface area contributed by atoms with Crippen LogP contribution in [0.25, 0.3) is 22.3 Å². The first-order chi connectivity index (χ1) is 17.2. The van der Waals surface area contributed by atoms with E-state index in [2.05, 4.69) is 0 Å². The quantitative estimate of drug-likeness (QED) is 0.316. The maximum absolute atomic E-state index is 11.0. The summed E-state index contributed by atoms with van der Waals surface area (Å²) in [5.74, 6) is -5.39. The Bertz CT molecular complexity index is 1240. The standard InChI is InChI=1S/2C14H10O4.Zr/c2*15-13(16)11-7-3-1-5-9(11)10-6-2-4-8-12(10)14(17)18;/h2*1-8H,(H,15,16)(H,17,18);/q;;+4/p-4. The van der Waals surface area contributed by atoms with Gasteiger partial charge < -0.3 is 39.6 Å². The summed E-state index contributed by atoms with van der Waals surface area (Å²) in [6.45, 7) is 0. The number of rotatable bonds is 6. The van der Waals surface area contributed by atoms with Gasteiger partial charge in [0.05, 0.1) is 23.9 Å². The molecule has 0 aliphatic heterocycles. The van der Waals surface area contributed by atoms with E-state index < -0.39 is 23.9 Å². The van der Waals surface area contributed by atoms with Gasteiger partial charge in [0, 0.05) is 22.3 Å². The largest absolute Gasteiger partial charge is 4.00 e. The van der Waals surface area contributed by atoms with E-state index in [1.165, 1.54) is 48.5 Å². The topological polar surface area (TPSA) is 161 Å². The number of carboxylic acid groups (broad SMARTS) is 4. The Hall–Kier alpha value is -4.36. The minimum absolute atomic E-state index is 0. The average Bonchev–Trinajstić information content (AvgIpc) is 2.89. The van der Waals surface area contributed by atoms with Crippen LogP contribution >= 0.6 is 0 Å². The molecule has 0 atom stereocenters. The molecule has 0 aromatic heterocycles. The van der Waals surface area contributed by atoms with Crippen LogP contribution in [0.3, 0.4) is 0 Å². The van der Waals surface area contributed by atoms with Gasteiger partial charge in [-0.3, -0.25) is 0 Å². The summed E-state index contributed by atoms with van der Waals surface area (Å²) >= 11 is 0. The number of hydrogen-bond donors (Lipinski definition) is 0. The normalized spacial score (nSPS) is 9.73. The Balaban J connectivity index is 0.000000253. The summed E-state index contributed by atoms with van der Waals surface area (Å²) < 4.78 is 0. The van der Waals surface area contributed by atoms with Crippen molar-refractivity contribution in [1.29, 1.82) is 0 Å². The van der Waals surface area contributed by atoms with Crippen molar-refractivity contribution < 1.29 is 65.8 Å². The summed E-state index contributed by atoms with van der Waals surface area (Å²) in [7, 11) is 0. The van der Waals surface area contributed by atoms with Crippen molar-refractivity contribution in [2.24, 2.45) is 0 Å². The number of carboxylic acids is 4. The SMILES string of the molecule is O=C([O-])c1ccccc1-c1ccccc1C(=O)[O-].O=C([O-])c1ccccc1-c1ccccc1C(=O)[O-].[Zr+4]. The number of benzene rings is 4. The molecule has 0 amide bonds. The van der Waals surface area contributed by atoms with E-state index in [0.717, 1.165) is 0 Å². The Kier molecular flexibility index (Phi) is 10.2. The zero-order valence-electron chi connectivity index (χ0n) is 19.0. The molecule has 0 heterocycles. The van der Waals surface area contributed by atoms with Crippen molar-refractivity contribution in [2.75, 3.05) is 0 Å². The van der Waals surface area contributed by atoms with Gasteiger partial charge in [-0.25, -0.2) is 0 Å². The molecule has 0 N–H and O–H groups in total. The number of carbonyl (C=O) groups excluding carboxylic acids is 4. The van der Waals surface area contributed by atoms with Crippen LogP contribution in [0, 0.1) is 0 Å².